The number of rotatable bonds is 6. The second-order valence-corrected chi connectivity index (χ2v) is 7.04. The second-order valence-electron chi connectivity index (χ2n) is 4.98. The topological polar surface area (TPSA) is 49.8 Å². The number of hydrogen-bond acceptors (Lipinski definition) is 3. The molecule has 0 heterocycles. The number of nitriles is 1. The first-order valence-electron chi connectivity index (χ1n) is 6.04. The van der Waals surface area contributed by atoms with Gasteiger partial charge in [0.25, 0.3) is 0 Å². The average molecular weight is 327 g/mol. The molecular formula is C14H19BrN2S. The molecule has 1 rings (SSSR count). The van der Waals surface area contributed by atoms with Gasteiger partial charge in [0.1, 0.15) is 0 Å². The Bertz CT molecular complexity index is 438. The maximum atomic E-state index is 8.91. The van der Waals surface area contributed by atoms with Crippen LogP contribution in [0.4, 0.5) is 5.69 Å². The number of nitrogens with zero attached hydrogens (tertiary/aromatic N) is 1. The van der Waals surface area contributed by atoms with E-state index in [1.54, 1.807) is 11.8 Å². The molecule has 1 aromatic carbocycles. The average Bonchev–Trinajstić information content (AvgIpc) is 2.31. The van der Waals surface area contributed by atoms with Crippen molar-refractivity contribution in [3.05, 3.63) is 22.7 Å². The Morgan fingerprint density at radius 1 is 1.39 bits per heavy atom. The summed E-state index contributed by atoms with van der Waals surface area (Å²) in [5, 5.41) is 8.91. The minimum atomic E-state index is -0.193. The van der Waals surface area contributed by atoms with Crippen LogP contribution in [0.2, 0.25) is 0 Å². The predicted octanol–water partition coefficient (Wildman–Crippen LogP) is 4.84. The van der Waals surface area contributed by atoms with E-state index in [1.165, 1.54) is 0 Å². The molecule has 98 valence electrons. The first-order chi connectivity index (χ1) is 8.44. The van der Waals surface area contributed by atoms with Crippen LogP contribution in [0.3, 0.4) is 0 Å². The van der Waals surface area contributed by atoms with Gasteiger partial charge >= 0.3 is 0 Å². The van der Waals surface area contributed by atoms with Crippen LogP contribution in [0.5, 0.6) is 0 Å². The molecule has 0 aromatic heterocycles. The molecule has 0 aliphatic heterocycles. The Labute approximate surface area is 122 Å². The number of unbranched alkanes of at least 4 members (excludes halogenated alkanes) is 1. The van der Waals surface area contributed by atoms with E-state index in [-0.39, 0.29) is 5.41 Å². The lowest BCUT2D eigenvalue weighted by Gasteiger charge is -2.14. The van der Waals surface area contributed by atoms with E-state index >= 15 is 0 Å². The summed E-state index contributed by atoms with van der Waals surface area (Å²) in [7, 11) is 0. The zero-order chi connectivity index (χ0) is 13.6. The molecule has 0 bridgehead atoms. The van der Waals surface area contributed by atoms with E-state index in [9.17, 15) is 0 Å². The minimum Gasteiger partial charge on any atom is -0.398 e. The van der Waals surface area contributed by atoms with E-state index in [2.05, 4.69) is 22.0 Å². The summed E-state index contributed by atoms with van der Waals surface area (Å²) in [4.78, 5) is 1.14. The summed E-state index contributed by atoms with van der Waals surface area (Å²) >= 11 is 5.18. The quantitative estimate of drug-likeness (QED) is 0.462. The third kappa shape index (κ3) is 5.32. The van der Waals surface area contributed by atoms with E-state index < -0.39 is 0 Å². The van der Waals surface area contributed by atoms with Gasteiger partial charge in [0.2, 0.25) is 0 Å². The van der Waals surface area contributed by atoms with Gasteiger partial charge in [0.05, 0.1) is 11.5 Å². The molecule has 0 spiro atoms. The minimum absolute atomic E-state index is 0.193. The molecule has 4 heteroatoms. The summed E-state index contributed by atoms with van der Waals surface area (Å²) in [5.41, 5.74) is 6.57. The lowest BCUT2D eigenvalue weighted by atomic mass is 9.89. The number of benzene rings is 1. The SMILES string of the molecule is CC(C)(C#N)CCCCSc1ccc(Br)cc1N. The fourth-order valence-electron chi connectivity index (χ4n) is 1.56. The number of anilines is 1. The lowest BCUT2D eigenvalue weighted by Crippen LogP contribution is -2.07. The first kappa shape index (κ1) is 15.4. The van der Waals surface area contributed by atoms with Crippen LogP contribution < -0.4 is 5.73 Å². The Balaban J connectivity index is 2.29. The van der Waals surface area contributed by atoms with Crippen molar-refractivity contribution in [2.24, 2.45) is 5.41 Å². The van der Waals surface area contributed by atoms with Crippen molar-refractivity contribution in [2.75, 3.05) is 11.5 Å². The highest BCUT2D eigenvalue weighted by Gasteiger charge is 2.15. The number of halogens is 1. The molecule has 0 unspecified atom stereocenters. The van der Waals surface area contributed by atoms with E-state index in [4.69, 9.17) is 11.0 Å². The van der Waals surface area contributed by atoms with E-state index in [1.807, 2.05) is 32.0 Å². The van der Waals surface area contributed by atoms with E-state index in [0.29, 0.717) is 0 Å². The van der Waals surface area contributed by atoms with Gasteiger partial charge in [0, 0.05) is 15.1 Å². The first-order valence-corrected chi connectivity index (χ1v) is 7.81. The van der Waals surface area contributed by atoms with Gasteiger partial charge in [-0.2, -0.15) is 5.26 Å². The third-order valence-corrected chi connectivity index (χ3v) is 4.40. The van der Waals surface area contributed by atoms with Crippen LogP contribution in [-0.2, 0) is 0 Å². The molecule has 2 nitrogen and oxygen atoms in total. The fourth-order valence-corrected chi connectivity index (χ4v) is 2.89. The number of thioether (sulfide) groups is 1. The second kappa shape index (κ2) is 7.06. The smallest absolute Gasteiger partial charge is 0.0683 e. The summed E-state index contributed by atoms with van der Waals surface area (Å²) in [6, 6.07) is 8.32. The number of hydrogen-bond donors (Lipinski definition) is 1. The zero-order valence-corrected chi connectivity index (χ0v) is 13.3. The standard InChI is InChI=1S/C14H19BrN2S/c1-14(2,10-16)7-3-4-8-18-13-6-5-11(15)9-12(13)17/h5-6,9H,3-4,7-8,17H2,1-2H3. The largest absolute Gasteiger partial charge is 0.398 e. The molecular weight excluding hydrogens is 308 g/mol. The van der Waals surface area contributed by atoms with Crippen LogP contribution in [0.25, 0.3) is 0 Å². The molecule has 0 aliphatic rings. The lowest BCUT2D eigenvalue weighted by molar-refractivity contribution is 0.433. The molecule has 0 saturated heterocycles. The molecule has 0 fully saturated rings. The maximum absolute atomic E-state index is 8.91. The molecule has 18 heavy (non-hydrogen) atoms. The van der Waals surface area contributed by atoms with E-state index in [0.717, 1.165) is 40.1 Å². The maximum Gasteiger partial charge on any atom is 0.0683 e. The monoisotopic (exact) mass is 326 g/mol. The summed E-state index contributed by atoms with van der Waals surface area (Å²) in [6.45, 7) is 3.99. The van der Waals surface area contributed by atoms with Crippen LogP contribution in [-0.4, -0.2) is 5.75 Å². The molecule has 0 aliphatic carbocycles. The van der Waals surface area contributed by atoms with Crippen LogP contribution >= 0.6 is 27.7 Å². The Morgan fingerprint density at radius 3 is 2.72 bits per heavy atom. The summed E-state index contributed by atoms with van der Waals surface area (Å²) < 4.78 is 1.01. The molecule has 0 atom stereocenters. The van der Waals surface area contributed by atoms with Gasteiger partial charge in [-0.25, -0.2) is 0 Å². The van der Waals surface area contributed by atoms with Gasteiger partial charge in [-0.3, -0.25) is 0 Å². The zero-order valence-electron chi connectivity index (χ0n) is 10.9. The normalized spacial score (nSPS) is 11.2. The summed E-state index contributed by atoms with van der Waals surface area (Å²) in [6.07, 6.45) is 3.16. The van der Waals surface area contributed by atoms with Crippen molar-refractivity contribution in [3.8, 4) is 6.07 Å². The van der Waals surface area contributed by atoms with Crippen molar-refractivity contribution >= 4 is 33.4 Å². The van der Waals surface area contributed by atoms with Gasteiger partial charge < -0.3 is 5.73 Å². The van der Waals surface area contributed by atoms with Crippen LogP contribution in [0, 0.1) is 16.7 Å². The Kier molecular flexibility index (Phi) is 6.04. The number of nitrogens with two attached hydrogens (primary N) is 1. The number of nitrogen functional groups attached to an aromatic ring is 1. The predicted molar refractivity (Wildman–Crippen MR) is 82.5 cm³/mol. The highest BCUT2D eigenvalue weighted by atomic mass is 79.9. The Hall–Kier alpha value is -0.660. The third-order valence-electron chi connectivity index (χ3n) is 2.73. The van der Waals surface area contributed by atoms with Crippen molar-refractivity contribution in [1.29, 1.82) is 5.26 Å². The molecule has 2 N–H and O–H groups in total. The van der Waals surface area contributed by atoms with Crippen molar-refractivity contribution in [3.63, 3.8) is 0 Å². The highest BCUT2D eigenvalue weighted by Crippen LogP contribution is 2.29. The van der Waals surface area contributed by atoms with Gasteiger partial charge in [-0.1, -0.05) is 22.4 Å². The van der Waals surface area contributed by atoms with Crippen molar-refractivity contribution < 1.29 is 0 Å². The molecule has 0 saturated carbocycles. The van der Waals surface area contributed by atoms with Crippen LogP contribution in [0.1, 0.15) is 33.1 Å². The van der Waals surface area contributed by atoms with Crippen molar-refractivity contribution in [2.45, 2.75) is 38.0 Å². The summed E-state index contributed by atoms with van der Waals surface area (Å²) in [5.74, 6) is 1.05. The molecule has 1 aromatic rings. The van der Waals surface area contributed by atoms with Crippen molar-refractivity contribution in [1.82, 2.24) is 0 Å². The molecule has 0 amide bonds. The van der Waals surface area contributed by atoms with Gasteiger partial charge in [-0.05, 0) is 50.6 Å². The van der Waals surface area contributed by atoms with Crippen LogP contribution in [0.15, 0.2) is 27.6 Å². The highest BCUT2D eigenvalue weighted by molar-refractivity contribution is 9.10. The van der Waals surface area contributed by atoms with Gasteiger partial charge in [-0.15, -0.1) is 11.8 Å². The molecule has 0 radical (unpaired) electrons. The Morgan fingerprint density at radius 2 is 2.11 bits per heavy atom. The van der Waals surface area contributed by atoms with Gasteiger partial charge in [0.15, 0.2) is 0 Å². The fraction of sp³-hybridized carbons (Fsp3) is 0.500.